The van der Waals surface area contributed by atoms with Gasteiger partial charge in [-0.15, -0.1) is 0 Å². The first kappa shape index (κ1) is 15.9. The van der Waals surface area contributed by atoms with E-state index in [-0.39, 0.29) is 49.6 Å². The Labute approximate surface area is 110 Å². The first-order valence-electron chi connectivity index (χ1n) is 4.31. The molecule has 0 unspecified atom stereocenters. The van der Waals surface area contributed by atoms with Gasteiger partial charge in [0, 0.05) is 50.2 Å². The maximum Gasteiger partial charge on any atom is 0.222 e. The van der Waals surface area contributed by atoms with E-state index in [1.54, 1.807) is 0 Å². The van der Waals surface area contributed by atoms with Gasteiger partial charge in [0.25, 0.3) is 0 Å². The first-order chi connectivity index (χ1) is 5.68. The van der Waals surface area contributed by atoms with Gasteiger partial charge in [0.05, 0.1) is 0 Å². The van der Waals surface area contributed by atoms with Gasteiger partial charge in [-0.1, -0.05) is 20.3 Å². The summed E-state index contributed by atoms with van der Waals surface area (Å²) in [7, 11) is 0. The molecule has 3 nitrogen and oxygen atoms in total. The van der Waals surface area contributed by atoms with E-state index in [0.717, 1.165) is 12.8 Å². The van der Waals surface area contributed by atoms with Gasteiger partial charge in [0.15, 0.2) is 0 Å². The maximum atomic E-state index is 11.0. The number of rotatable bonds is 6. The minimum Gasteiger partial charge on any atom is -0.542 e. The molecule has 0 saturated heterocycles. The summed E-state index contributed by atoms with van der Waals surface area (Å²) < 4.78 is 0. The molecule has 1 N–H and O–H groups in total. The van der Waals surface area contributed by atoms with Crippen molar-refractivity contribution in [2.75, 3.05) is 6.54 Å². The van der Waals surface area contributed by atoms with Gasteiger partial charge in [0.1, 0.15) is 0 Å². The van der Waals surface area contributed by atoms with E-state index in [1.165, 1.54) is 0 Å². The first-order valence-corrected chi connectivity index (χ1v) is 4.31. The van der Waals surface area contributed by atoms with Gasteiger partial charge >= 0.3 is 0 Å². The molecule has 0 heterocycles. The van der Waals surface area contributed by atoms with Crippen molar-refractivity contribution in [2.45, 2.75) is 33.1 Å². The third-order valence-corrected chi connectivity index (χ3v) is 1.53. The molecular formula is C9H16HoNO2-. The summed E-state index contributed by atoms with van der Waals surface area (Å²) in [5.74, 6) is 0.118. The van der Waals surface area contributed by atoms with Crippen LogP contribution in [0.4, 0.5) is 0 Å². The standard InChI is InChI=1S/C9H16NO2.Ho/c1-8(2)9(12)10-6-4-3-5-7-11;/h8H,3-6H2,1-2H3,(H,10,12);/q-1;. The van der Waals surface area contributed by atoms with Crippen molar-refractivity contribution >= 4 is 12.2 Å². The van der Waals surface area contributed by atoms with Gasteiger partial charge in [-0.3, -0.25) is 11.1 Å². The van der Waals surface area contributed by atoms with Crippen molar-refractivity contribution in [3.8, 4) is 0 Å². The molecule has 0 atom stereocenters. The fourth-order valence-corrected chi connectivity index (χ4v) is 0.738. The summed E-state index contributed by atoms with van der Waals surface area (Å²) in [6.45, 7) is 4.38. The van der Waals surface area contributed by atoms with Gasteiger partial charge in [0.2, 0.25) is 5.91 Å². The second kappa shape index (κ2) is 10.5. The molecule has 1 radical (unpaired) electrons. The third kappa shape index (κ3) is 10.3. The quantitative estimate of drug-likeness (QED) is 0.448. The Morgan fingerprint density at radius 2 is 2.00 bits per heavy atom. The van der Waals surface area contributed by atoms with Gasteiger partial charge in [-0.05, 0) is 6.42 Å². The van der Waals surface area contributed by atoms with Gasteiger partial charge in [-0.2, -0.15) is 6.42 Å². The summed E-state index contributed by atoms with van der Waals surface area (Å²) in [5, 5.41) is 2.77. The Bertz CT molecular complexity index is 149. The molecule has 4 heteroatoms. The molecular weight excluding hydrogens is 319 g/mol. The topological polar surface area (TPSA) is 46.2 Å². The van der Waals surface area contributed by atoms with Crippen LogP contribution >= 0.6 is 0 Å². The molecule has 0 aliphatic heterocycles. The summed E-state index contributed by atoms with van der Waals surface area (Å²) >= 11 is 0. The van der Waals surface area contributed by atoms with Crippen molar-refractivity contribution in [1.29, 1.82) is 0 Å². The third-order valence-electron chi connectivity index (χ3n) is 1.53. The summed E-state index contributed by atoms with van der Waals surface area (Å²) in [6.07, 6.45) is 3.95. The number of carbonyl (C=O) groups is 1. The van der Waals surface area contributed by atoms with Crippen molar-refractivity contribution in [1.82, 2.24) is 5.32 Å². The average Bonchev–Trinajstić information content (AvgIpc) is 2.03. The molecule has 13 heavy (non-hydrogen) atoms. The fourth-order valence-electron chi connectivity index (χ4n) is 0.738. The normalized spacial score (nSPS) is 9.15. The predicted octanol–water partition coefficient (Wildman–Crippen LogP) is 1.04. The molecule has 0 aromatic carbocycles. The van der Waals surface area contributed by atoms with Crippen molar-refractivity contribution in [3.05, 3.63) is 0 Å². The van der Waals surface area contributed by atoms with Gasteiger partial charge in [-0.25, -0.2) is 0 Å². The van der Waals surface area contributed by atoms with Gasteiger partial charge < -0.3 is 10.1 Å². The second-order valence-corrected chi connectivity index (χ2v) is 3.05. The average molecular weight is 335 g/mol. The zero-order valence-corrected chi connectivity index (χ0v) is 9.96. The Hall–Kier alpha value is 0.400. The molecule has 0 aliphatic rings. The van der Waals surface area contributed by atoms with Crippen LogP contribution in [0.25, 0.3) is 0 Å². The largest absolute Gasteiger partial charge is 0.542 e. The zero-order valence-electron chi connectivity index (χ0n) is 8.02. The van der Waals surface area contributed by atoms with E-state index in [1.807, 2.05) is 20.1 Å². The number of amides is 1. The van der Waals surface area contributed by atoms with E-state index in [2.05, 4.69) is 5.32 Å². The van der Waals surface area contributed by atoms with E-state index < -0.39 is 0 Å². The van der Waals surface area contributed by atoms with Crippen LogP contribution < -0.4 is 5.32 Å². The molecule has 0 spiro atoms. The molecule has 0 aromatic rings. The smallest absolute Gasteiger partial charge is 0.222 e. The van der Waals surface area contributed by atoms with E-state index >= 15 is 0 Å². The van der Waals surface area contributed by atoms with Crippen LogP contribution in [0.15, 0.2) is 0 Å². The van der Waals surface area contributed by atoms with Crippen LogP contribution in [0.3, 0.4) is 0 Å². The molecule has 0 bridgehead atoms. The molecule has 1 amide bonds. The fraction of sp³-hybridized carbons (Fsp3) is 0.778. The number of carbonyl (C=O) groups excluding carboxylic acids is 2. The number of hydrogen-bond donors (Lipinski definition) is 1. The van der Waals surface area contributed by atoms with Crippen molar-refractivity contribution in [3.63, 3.8) is 0 Å². The molecule has 0 saturated carbocycles. The molecule has 0 aromatic heterocycles. The summed E-state index contributed by atoms with van der Waals surface area (Å²) in [5.41, 5.74) is 0. The van der Waals surface area contributed by atoms with Crippen molar-refractivity contribution in [2.24, 2.45) is 5.92 Å². The number of unbranched alkanes of at least 4 members (excludes halogenated alkanes) is 2. The maximum absolute atomic E-state index is 11.0. The Balaban J connectivity index is 0. The number of nitrogens with one attached hydrogen (secondary N) is 1. The Kier molecular flexibility index (Phi) is 12.8. The predicted molar refractivity (Wildman–Crippen MR) is 47.4 cm³/mol. The van der Waals surface area contributed by atoms with E-state index in [9.17, 15) is 9.59 Å². The van der Waals surface area contributed by atoms with E-state index in [4.69, 9.17) is 0 Å². The zero-order chi connectivity index (χ0) is 9.40. The second-order valence-electron chi connectivity index (χ2n) is 3.05. The molecule has 0 fully saturated rings. The minimum atomic E-state index is 0. The monoisotopic (exact) mass is 335 g/mol. The van der Waals surface area contributed by atoms with Crippen LogP contribution in [0.2, 0.25) is 0 Å². The summed E-state index contributed by atoms with van der Waals surface area (Å²) in [4.78, 5) is 20.8. The van der Waals surface area contributed by atoms with Crippen LogP contribution in [0, 0.1) is 43.7 Å². The van der Waals surface area contributed by atoms with E-state index in [0.29, 0.717) is 13.0 Å². The molecule has 81 valence electrons. The van der Waals surface area contributed by atoms with Crippen LogP contribution in [0.1, 0.15) is 33.1 Å². The Morgan fingerprint density at radius 1 is 1.38 bits per heavy atom. The number of hydrogen-bond acceptors (Lipinski definition) is 2. The SMILES string of the molecule is CC(C)C(=O)NCCCC[C-]=O.[Ho]. The molecule has 0 aliphatic carbocycles. The van der Waals surface area contributed by atoms with Crippen LogP contribution in [-0.4, -0.2) is 18.7 Å². The molecule has 0 rings (SSSR count). The van der Waals surface area contributed by atoms with Crippen LogP contribution in [-0.2, 0) is 9.59 Å². The minimum absolute atomic E-state index is 0. The Morgan fingerprint density at radius 3 is 2.46 bits per heavy atom. The summed E-state index contributed by atoms with van der Waals surface area (Å²) in [6, 6.07) is 0. The van der Waals surface area contributed by atoms with Crippen molar-refractivity contribution < 1.29 is 47.3 Å². The van der Waals surface area contributed by atoms with Crippen LogP contribution in [0.5, 0.6) is 0 Å².